The summed E-state index contributed by atoms with van der Waals surface area (Å²) in [4.78, 5) is 12.2. The Morgan fingerprint density at radius 1 is 1.35 bits per heavy atom. The van der Waals surface area contributed by atoms with Crippen molar-refractivity contribution in [3.05, 3.63) is 41.2 Å². The van der Waals surface area contributed by atoms with Gasteiger partial charge in [-0.3, -0.25) is 9.48 Å². The van der Waals surface area contributed by atoms with E-state index in [0.717, 1.165) is 0 Å². The fourth-order valence-corrected chi connectivity index (χ4v) is 1.91. The molecule has 0 aliphatic heterocycles. The van der Waals surface area contributed by atoms with Gasteiger partial charge >= 0.3 is 0 Å². The molecule has 0 aliphatic carbocycles. The molecule has 2 aromatic rings. The van der Waals surface area contributed by atoms with Crippen LogP contribution in [-0.4, -0.2) is 29.3 Å². The third kappa shape index (κ3) is 3.11. The van der Waals surface area contributed by atoms with Crippen LogP contribution in [-0.2, 0) is 6.54 Å². The Hall–Kier alpha value is -2.01. The van der Waals surface area contributed by atoms with Crippen molar-refractivity contribution in [2.75, 3.05) is 13.7 Å². The van der Waals surface area contributed by atoms with Crippen molar-refractivity contribution < 1.29 is 14.3 Å². The van der Waals surface area contributed by atoms with Crippen molar-refractivity contribution in [2.24, 2.45) is 0 Å². The number of ketones is 1. The molecular formula is C14H15ClN2O3. The lowest BCUT2D eigenvalue weighted by Crippen LogP contribution is -2.17. The maximum Gasteiger partial charge on any atom is 0.221 e. The van der Waals surface area contributed by atoms with Crippen molar-refractivity contribution in [3.63, 3.8) is 0 Å². The van der Waals surface area contributed by atoms with Gasteiger partial charge < -0.3 is 9.47 Å². The van der Waals surface area contributed by atoms with Crippen LogP contribution in [0.25, 0.3) is 0 Å². The van der Waals surface area contributed by atoms with Gasteiger partial charge in [-0.1, -0.05) is 11.6 Å². The fourth-order valence-electron chi connectivity index (χ4n) is 1.79. The zero-order valence-corrected chi connectivity index (χ0v) is 12.1. The molecule has 0 atom stereocenters. The molecule has 1 aromatic carbocycles. The third-order valence-corrected chi connectivity index (χ3v) is 3.02. The highest BCUT2D eigenvalue weighted by molar-refractivity contribution is 6.30. The van der Waals surface area contributed by atoms with E-state index in [1.807, 2.05) is 6.92 Å². The molecule has 106 valence electrons. The lowest BCUT2D eigenvalue weighted by atomic mass is 10.2. The maximum atomic E-state index is 12.2. The standard InChI is InChI=1S/C14H15ClN2O3/c1-3-17-14(13(19-2)8-16-17)12(18)9-20-11-6-4-10(15)5-7-11/h4-8H,3,9H2,1-2H3. The summed E-state index contributed by atoms with van der Waals surface area (Å²) in [6.45, 7) is 2.42. The van der Waals surface area contributed by atoms with E-state index >= 15 is 0 Å². The number of halogens is 1. The topological polar surface area (TPSA) is 53.4 Å². The Balaban J connectivity index is 2.08. The smallest absolute Gasteiger partial charge is 0.221 e. The minimum absolute atomic E-state index is 0.0797. The monoisotopic (exact) mass is 294 g/mol. The van der Waals surface area contributed by atoms with Crippen molar-refractivity contribution >= 4 is 17.4 Å². The number of aryl methyl sites for hydroxylation is 1. The first-order valence-electron chi connectivity index (χ1n) is 6.17. The molecule has 0 fully saturated rings. The predicted octanol–water partition coefficient (Wildman–Crippen LogP) is 2.83. The molecule has 0 saturated carbocycles. The van der Waals surface area contributed by atoms with Crippen molar-refractivity contribution in [1.29, 1.82) is 0 Å². The van der Waals surface area contributed by atoms with Crippen LogP contribution in [0.4, 0.5) is 0 Å². The molecule has 5 nitrogen and oxygen atoms in total. The zero-order chi connectivity index (χ0) is 14.5. The van der Waals surface area contributed by atoms with Crippen LogP contribution >= 0.6 is 11.6 Å². The van der Waals surface area contributed by atoms with Crippen LogP contribution in [0.1, 0.15) is 17.4 Å². The molecule has 2 rings (SSSR count). The van der Waals surface area contributed by atoms with Gasteiger partial charge in [0.2, 0.25) is 5.78 Å². The Kier molecular flexibility index (Phi) is 4.63. The van der Waals surface area contributed by atoms with Gasteiger partial charge in [0.15, 0.2) is 12.4 Å². The van der Waals surface area contributed by atoms with Gasteiger partial charge in [0, 0.05) is 11.6 Å². The van der Waals surface area contributed by atoms with Crippen LogP contribution in [0.5, 0.6) is 11.5 Å². The zero-order valence-electron chi connectivity index (χ0n) is 11.3. The molecule has 0 bridgehead atoms. The second-order valence-corrected chi connectivity index (χ2v) is 4.48. The largest absolute Gasteiger partial charge is 0.493 e. The van der Waals surface area contributed by atoms with Gasteiger partial charge in [-0.15, -0.1) is 0 Å². The molecule has 0 N–H and O–H groups in total. The van der Waals surface area contributed by atoms with E-state index in [9.17, 15) is 4.79 Å². The molecule has 1 heterocycles. The molecule has 0 aliphatic rings. The maximum absolute atomic E-state index is 12.2. The number of hydrogen-bond donors (Lipinski definition) is 0. The number of Topliss-reactive ketones (excluding diaryl/α,β-unsaturated/α-hetero) is 1. The Morgan fingerprint density at radius 2 is 2.05 bits per heavy atom. The molecule has 0 radical (unpaired) electrons. The highest BCUT2D eigenvalue weighted by Gasteiger charge is 2.19. The summed E-state index contributed by atoms with van der Waals surface area (Å²) in [6, 6.07) is 6.84. The Morgan fingerprint density at radius 3 is 2.65 bits per heavy atom. The number of rotatable bonds is 6. The van der Waals surface area contributed by atoms with Gasteiger partial charge in [0.1, 0.15) is 11.4 Å². The fraction of sp³-hybridized carbons (Fsp3) is 0.286. The summed E-state index contributed by atoms with van der Waals surface area (Å²) < 4.78 is 12.2. The van der Waals surface area contributed by atoms with Gasteiger partial charge in [-0.05, 0) is 31.2 Å². The van der Waals surface area contributed by atoms with Crippen molar-refractivity contribution in [2.45, 2.75) is 13.5 Å². The average Bonchev–Trinajstić information content (AvgIpc) is 2.89. The van der Waals surface area contributed by atoms with E-state index in [1.54, 1.807) is 28.9 Å². The minimum Gasteiger partial charge on any atom is -0.493 e. The second-order valence-electron chi connectivity index (χ2n) is 4.04. The number of hydrogen-bond acceptors (Lipinski definition) is 4. The highest BCUT2D eigenvalue weighted by atomic mass is 35.5. The van der Waals surface area contributed by atoms with E-state index in [2.05, 4.69) is 5.10 Å². The first-order chi connectivity index (χ1) is 9.65. The quantitative estimate of drug-likeness (QED) is 0.769. The van der Waals surface area contributed by atoms with E-state index in [1.165, 1.54) is 13.3 Å². The number of carbonyl (C=O) groups excluding carboxylic acids is 1. The Labute approximate surface area is 122 Å². The van der Waals surface area contributed by atoms with Gasteiger partial charge in [0.05, 0.1) is 13.3 Å². The summed E-state index contributed by atoms with van der Waals surface area (Å²) >= 11 is 5.78. The number of benzene rings is 1. The normalized spacial score (nSPS) is 10.3. The van der Waals surface area contributed by atoms with E-state index in [-0.39, 0.29) is 12.4 Å². The number of nitrogens with zero attached hydrogens (tertiary/aromatic N) is 2. The summed E-state index contributed by atoms with van der Waals surface area (Å²) in [7, 11) is 1.51. The van der Waals surface area contributed by atoms with E-state index in [0.29, 0.717) is 28.8 Å². The Bertz CT molecular complexity index is 571. The number of ether oxygens (including phenoxy) is 2. The van der Waals surface area contributed by atoms with Crippen molar-refractivity contribution in [3.8, 4) is 11.5 Å². The van der Waals surface area contributed by atoms with Crippen LogP contribution in [0.15, 0.2) is 30.5 Å². The summed E-state index contributed by atoms with van der Waals surface area (Å²) in [5.41, 5.74) is 0.420. The second kappa shape index (κ2) is 6.43. The highest BCUT2D eigenvalue weighted by Crippen LogP contribution is 2.19. The first kappa shape index (κ1) is 14.4. The van der Waals surface area contributed by atoms with Crippen LogP contribution in [0.2, 0.25) is 5.02 Å². The number of aromatic nitrogens is 2. The van der Waals surface area contributed by atoms with Gasteiger partial charge in [-0.25, -0.2) is 0 Å². The van der Waals surface area contributed by atoms with Crippen molar-refractivity contribution in [1.82, 2.24) is 9.78 Å². The van der Waals surface area contributed by atoms with E-state index in [4.69, 9.17) is 21.1 Å². The van der Waals surface area contributed by atoms with E-state index < -0.39 is 0 Å². The summed E-state index contributed by atoms with van der Waals surface area (Å²) in [5.74, 6) is 0.858. The molecule has 0 amide bonds. The SMILES string of the molecule is CCn1ncc(OC)c1C(=O)COc1ccc(Cl)cc1. The average molecular weight is 295 g/mol. The lowest BCUT2D eigenvalue weighted by molar-refractivity contribution is 0.0907. The number of methoxy groups -OCH3 is 1. The molecule has 20 heavy (non-hydrogen) atoms. The van der Waals surface area contributed by atoms with Crippen LogP contribution < -0.4 is 9.47 Å². The molecule has 1 aromatic heterocycles. The third-order valence-electron chi connectivity index (χ3n) is 2.77. The molecule has 0 unspecified atom stereocenters. The predicted molar refractivity (Wildman–Crippen MR) is 75.7 cm³/mol. The molecule has 0 spiro atoms. The van der Waals surface area contributed by atoms with Crippen LogP contribution in [0.3, 0.4) is 0 Å². The first-order valence-corrected chi connectivity index (χ1v) is 6.54. The molecule has 0 saturated heterocycles. The molecule has 6 heteroatoms. The summed E-state index contributed by atoms with van der Waals surface area (Å²) in [5, 5.41) is 4.71. The lowest BCUT2D eigenvalue weighted by Gasteiger charge is -2.08. The summed E-state index contributed by atoms with van der Waals surface area (Å²) in [6.07, 6.45) is 1.53. The molecular weight excluding hydrogens is 280 g/mol. The van der Waals surface area contributed by atoms with Gasteiger partial charge in [-0.2, -0.15) is 5.10 Å². The van der Waals surface area contributed by atoms with Crippen LogP contribution in [0, 0.1) is 0 Å². The minimum atomic E-state index is -0.184. The van der Waals surface area contributed by atoms with Gasteiger partial charge in [0.25, 0.3) is 0 Å². The number of carbonyl (C=O) groups is 1.